The van der Waals surface area contributed by atoms with Crippen LogP contribution in [0.15, 0.2) is 30.3 Å². The van der Waals surface area contributed by atoms with Gasteiger partial charge in [0.25, 0.3) is 5.91 Å². The third-order valence-corrected chi connectivity index (χ3v) is 5.28. The van der Waals surface area contributed by atoms with Gasteiger partial charge >= 0.3 is 0 Å². The Balaban J connectivity index is 1.88. The summed E-state index contributed by atoms with van der Waals surface area (Å²) in [7, 11) is 3.13. The molecule has 2 aromatic heterocycles. The zero-order chi connectivity index (χ0) is 20.5. The number of anilines is 1. The van der Waals surface area contributed by atoms with E-state index >= 15 is 0 Å². The minimum absolute atomic E-state index is 0.0329. The molecule has 0 saturated carbocycles. The van der Waals surface area contributed by atoms with Gasteiger partial charge in [-0.25, -0.2) is 4.98 Å². The van der Waals surface area contributed by atoms with E-state index in [1.54, 1.807) is 20.3 Å². The first-order chi connectivity index (χ1) is 14.1. The summed E-state index contributed by atoms with van der Waals surface area (Å²) < 4.78 is 10.7. The molecule has 0 spiro atoms. The van der Waals surface area contributed by atoms with Crippen LogP contribution in [0, 0.1) is 0 Å². The maximum absolute atomic E-state index is 12.9. The number of hydrogen-bond donors (Lipinski definition) is 1. The molecule has 3 heterocycles. The molecule has 1 aromatic carbocycles. The zero-order valence-corrected chi connectivity index (χ0v) is 16.9. The molecule has 0 bridgehead atoms. The molecule has 1 aliphatic heterocycles. The van der Waals surface area contributed by atoms with E-state index < -0.39 is 0 Å². The Hall–Kier alpha value is -3.35. The number of aromatic nitrogens is 2. The highest BCUT2D eigenvalue weighted by Gasteiger charge is 2.32. The highest BCUT2D eigenvalue weighted by molar-refractivity contribution is 6.11. The lowest BCUT2D eigenvalue weighted by Gasteiger charge is -2.14. The van der Waals surface area contributed by atoms with Gasteiger partial charge in [-0.1, -0.05) is 31.5 Å². The van der Waals surface area contributed by atoms with Gasteiger partial charge in [-0.05, 0) is 12.5 Å². The molecule has 1 amide bonds. The molecular weight excluding hydrogens is 368 g/mol. The summed E-state index contributed by atoms with van der Waals surface area (Å²) in [4.78, 5) is 23.9. The summed E-state index contributed by atoms with van der Waals surface area (Å²) in [6, 6.07) is 9.43. The summed E-state index contributed by atoms with van der Waals surface area (Å²) in [5.74, 6) is 0.879. The van der Waals surface area contributed by atoms with Crippen molar-refractivity contribution in [2.45, 2.75) is 26.3 Å². The Morgan fingerprint density at radius 3 is 2.66 bits per heavy atom. The highest BCUT2D eigenvalue weighted by atomic mass is 16.5. The highest BCUT2D eigenvalue weighted by Crippen LogP contribution is 2.39. The van der Waals surface area contributed by atoms with Crippen molar-refractivity contribution in [1.82, 2.24) is 14.9 Å². The summed E-state index contributed by atoms with van der Waals surface area (Å²) >= 11 is 0. The second-order valence-electron chi connectivity index (χ2n) is 7.04. The molecule has 0 atom stereocenters. The average Bonchev–Trinajstić information content (AvgIpc) is 3.07. The fraction of sp³-hybridized carbons (Fsp3) is 0.318. The number of carbonyl (C=O) groups is 1. The van der Waals surface area contributed by atoms with Crippen LogP contribution in [0.2, 0.25) is 0 Å². The number of para-hydroxylation sites is 1. The van der Waals surface area contributed by atoms with E-state index in [1.807, 2.05) is 29.2 Å². The van der Waals surface area contributed by atoms with E-state index in [1.165, 1.54) is 0 Å². The first-order valence-corrected chi connectivity index (χ1v) is 9.68. The molecule has 0 radical (unpaired) electrons. The summed E-state index contributed by atoms with van der Waals surface area (Å²) in [6.07, 6.45) is 1.98. The number of nitrogen functional groups attached to an aromatic ring is 1. The molecule has 7 heteroatoms. The summed E-state index contributed by atoms with van der Waals surface area (Å²) in [5.41, 5.74) is 10.6. The summed E-state index contributed by atoms with van der Waals surface area (Å²) in [5, 5.41) is 0.754. The quantitative estimate of drug-likeness (QED) is 0.689. The zero-order valence-electron chi connectivity index (χ0n) is 16.9. The average molecular weight is 392 g/mol. The number of rotatable bonds is 6. The number of pyridine rings is 2. The van der Waals surface area contributed by atoms with Crippen LogP contribution in [0.25, 0.3) is 22.0 Å². The maximum atomic E-state index is 12.9. The number of unbranched alkanes of at least 4 members (excludes halogenated alkanes) is 1. The minimum atomic E-state index is -0.0329. The van der Waals surface area contributed by atoms with Crippen molar-refractivity contribution in [1.29, 1.82) is 0 Å². The van der Waals surface area contributed by atoms with Crippen LogP contribution in [0.3, 0.4) is 0 Å². The number of carbonyl (C=O) groups excluding carboxylic acids is 1. The van der Waals surface area contributed by atoms with Gasteiger partial charge in [-0.15, -0.1) is 0 Å². The molecule has 1 aliphatic rings. The predicted octanol–water partition coefficient (Wildman–Crippen LogP) is 3.65. The fourth-order valence-corrected chi connectivity index (χ4v) is 3.77. The van der Waals surface area contributed by atoms with Gasteiger partial charge in [0.05, 0.1) is 43.2 Å². The van der Waals surface area contributed by atoms with Crippen LogP contribution in [0.5, 0.6) is 11.8 Å². The molecular formula is C22H24N4O3. The van der Waals surface area contributed by atoms with Gasteiger partial charge in [-0.2, -0.15) is 4.98 Å². The number of methoxy groups -OCH3 is 2. The molecule has 0 saturated heterocycles. The smallest absolute Gasteiger partial charge is 0.258 e. The Morgan fingerprint density at radius 2 is 1.93 bits per heavy atom. The van der Waals surface area contributed by atoms with E-state index in [2.05, 4.69) is 11.9 Å². The maximum Gasteiger partial charge on any atom is 0.258 e. The van der Waals surface area contributed by atoms with Crippen molar-refractivity contribution in [2.24, 2.45) is 0 Å². The standard InChI is InChI=1S/C22H24N4O3/c1-4-5-11-26-12-16-18(22(26)27)19(23)15-8-6-7-13(20(15)24-16)14-9-10-17(28-2)25-21(14)29-3/h6-10H,4-5,11-12H2,1-3H3,(H2,23,24). The van der Waals surface area contributed by atoms with Crippen molar-refractivity contribution < 1.29 is 14.3 Å². The number of fused-ring (bicyclic) bond motifs is 2. The van der Waals surface area contributed by atoms with Crippen LogP contribution in [0.4, 0.5) is 5.69 Å². The molecule has 150 valence electrons. The number of benzene rings is 1. The minimum Gasteiger partial charge on any atom is -0.481 e. The fourth-order valence-electron chi connectivity index (χ4n) is 3.77. The third kappa shape index (κ3) is 3.12. The topological polar surface area (TPSA) is 90.6 Å². The van der Waals surface area contributed by atoms with Crippen molar-refractivity contribution in [3.63, 3.8) is 0 Å². The third-order valence-electron chi connectivity index (χ3n) is 5.28. The molecule has 7 nitrogen and oxygen atoms in total. The van der Waals surface area contributed by atoms with Crippen LogP contribution >= 0.6 is 0 Å². The Morgan fingerprint density at radius 1 is 1.10 bits per heavy atom. The van der Waals surface area contributed by atoms with Crippen LogP contribution in [0.1, 0.15) is 35.8 Å². The molecule has 3 aromatic rings. The first kappa shape index (κ1) is 19.0. The van der Waals surface area contributed by atoms with Gasteiger partial charge in [-0.3, -0.25) is 4.79 Å². The second kappa shape index (κ2) is 7.58. The van der Waals surface area contributed by atoms with Crippen molar-refractivity contribution in [3.8, 4) is 22.9 Å². The van der Waals surface area contributed by atoms with E-state index in [4.69, 9.17) is 20.2 Å². The van der Waals surface area contributed by atoms with Crippen LogP contribution in [-0.4, -0.2) is 41.5 Å². The Labute approximate surface area is 169 Å². The van der Waals surface area contributed by atoms with Gasteiger partial charge in [0.15, 0.2) is 0 Å². The molecule has 0 fully saturated rings. The van der Waals surface area contributed by atoms with Gasteiger partial charge in [0.2, 0.25) is 11.8 Å². The molecule has 29 heavy (non-hydrogen) atoms. The van der Waals surface area contributed by atoms with Crippen LogP contribution < -0.4 is 15.2 Å². The number of amides is 1. The van der Waals surface area contributed by atoms with E-state index in [9.17, 15) is 4.79 Å². The van der Waals surface area contributed by atoms with Gasteiger partial charge < -0.3 is 20.1 Å². The lowest BCUT2D eigenvalue weighted by Crippen LogP contribution is -2.25. The molecule has 2 N–H and O–H groups in total. The number of nitrogens with zero attached hydrogens (tertiary/aromatic N) is 3. The van der Waals surface area contributed by atoms with E-state index in [0.717, 1.165) is 40.6 Å². The van der Waals surface area contributed by atoms with E-state index in [-0.39, 0.29) is 5.91 Å². The van der Waals surface area contributed by atoms with E-state index in [0.29, 0.717) is 36.1 Å². The van der Waals surface area contributed by atoms with Crippen LogP contribution in [-0.2, 0) is 6.54 Å². The van der Waals surface area contributed by atoms with Gasteiger partial charge in [0.1, 0.15) is 0 Å². The molecule has 4 rings (SSSR count). The summed E-state index contributed by atoms with van der Waals surface area (Å²) in [6.45, 7) is 3.31. The molecule has 0 unspecified atom stereocenters. The number of ether oxygens (including phenoxy) is 2. The first-order valence-electron chi connectivity index (χ1n) is 9.68. The number of hydrogen-bond acceptors (Lipinski definition) is 6. The van der Waals surface area contributed by atoms with Crippen molar-refractivity contribution >= 4 is 22.5 Å². The lowest BCUT2D eigenvalue weighted by atomic mass is 9.99. The Bertz CT molecular complexity index is 1100. The SMILES string of the molecule is CCCCN1Cc2nc3c(-c4ccc(OC)nc4OC)cccc3c(N)c2C1=O. The van der Waals surface area contributed by atoms with Crippen molar-refractivity contribution in [3.05, 3.63) is 41.6 Å². The number of nitrogens with two attached hydrogens (primary N) is 1. The monoisotopic (exact) mass is 392 g/mol. The predicted molar refractivity (Wildman–Crippen MR) is 112 cm³/mol. The van der Waals surface area contributed by atoms with Gasteiger partial charge in [0, 0.05) is 29.1 Å². The van der Waals surface area contributed by atoms with Crippen molar-refractivity contribution in [2.75, 3.05) is 26.5 Å². The Kier molecular flexibility index (Phi) is 4.96. The normalized spacial score (nSPS) is 13.1. The largest absolute Gasteiger partial charge is 0.481 e. The lowest BCUT2D eigenvalue weighted by molar-refractivity contribution is 0.0777. The second-order valence-corrected chi connectivity index (χ2v) is 7.04. The molecule has 0 aliphatic carbocycles.